The second kappa shape index (κ2) is 8.15. The Morgan fingerprint density at radius 3 is 2.68 bits per heavy atom. The molecule has 0 saturated carbocycles. The van der Waals surface area contributed by atoms with Crippen LogP contribution in [-0.4, -0.2) is 19.1 Å². The summed E-state index contributed by atoms with van der Waals surface area (Å²) >= 11 is 0. The van der Waals surface area contributed by atoms with Gasteiger partial charge < -0.3 is 10.1 Å². The number of para-hydroxylation sites is 1. The van der Waals surface area contributed by atoms with Crippen LogP contribution in [0.25, 0.3) is 0 Å². The molecule has 19 heavy (non-hydrogen) atoms. The van der Waals surface area contributed by atoms with Gasteiger partial charge in [0.2, 0.25) is 0 Å². The predicted octanol–water partition coefficient (Wildman–Crippen LogP) is 2.49. The van der Waals surface area contributed by atoms with Gasteiger partial charge in [-0.2, -0.15) is 5.26 Å². The van der Waals surface area contributed by atoms with Crippen molar-refractivity contribution >= 4 is 5.91 Å². The number of rotatable bonds is 7. The lowest BCUT2D eigenvalue weighted by Crippen LogP contribution is -2.32. The van der Waals surface area contributed by atoms with Gasteiger partial charge in [-0.1, -0.05) is 38.8 Å². The molecule has 1 N–H and O–H groups in total. The lowest BCUT2D eigenvalue weighted by atomic mass is 10.0. The predicted molar refractivity (Wildman–Crippen MR) is 73.7 cm³/mol. The van der Waals surface area contributed by atoms with Crippen LogP contribution < -0.4 is 10.1 Å². The minimum atomic E-state index is -0.153. The molecule has 102 valence electrons. The summed E-state index contributed by atoms with van der Waals surface area (Å²) in [5.74, 6) is 0.803. The minimum absolute atomic E-state index is 0.0567. The third-order valence-corrected chi connectivity index (χ3v) is 3.11. The number of benzene rings is 1. The highest BCUT2D eigenvalue weighted by molar-refractivity contribution is 5.77. The van der Waals surface area contributed by atoms with Crippen molar-refractivity contribution in [1.29, 1.82) is 5.26 Å². The standard InChI is InChI=1S/C15H20N2O2/c1-3-12(4-2)10-17-15(18)11-19-14-8-6-5-7-13(14)9-16/h5-8,12H,3-4,10-11H2,1-2H3,(H,17,18). The van der Waals surface area contributed by atoms with E-state index in [1.54, 1.807) is 24.3 Å². The Labute approximate surface area is 114 Å². The highest BCUT2D eigenvalue weighted by atomic mass is 16.5. The fourth-order valence-electron chi connectivity index (χ4n) is 1.71. The van der Waals surface area contributed by atoms with Crippen LogP contribution in [-0.2, 0) is 4.79 Å². The van der Waals surface area contributed by atoms with Crippen molar-refractivity contribution in [3.05, 3.63) is 29.8 Å². The van der Waals surface area contributed by atoms with Crippen molar-refractivity contribution in [2.24, 2.45) is 5.92 Å². The summed E-state index contributed by atoms with van der Waals surface area (Å²) in [6.45, 7) is 4.84. The lowest BCUT2D eigenvalue weighted by Gasteiger charge is -2.13. The van der Waals surface area contributed by atoms with Crippen LogP contribution in [0, 0.1) is 17.2 Å². The van der Waals surface area contributed by atoms with Crippen LogP contribution in [0.1, 0.15) is 32.3 Å². The summed E-state index contributed by atoms with van der Waals surface area (Å²) in [6, 6.07) is 8.92. The van der Waals surface area contributed by atoms with Crippen LogP contribution in [0.2, 0.25) is 0 Å². The van der Waals surface area contributed by atoms with E-state index in [0.717, 1.165) is 12.8 Å². The van der Waals surface area contributed by atoms with Gasteiger partial charge in [-0.15, -0.1) is 0 Å². The fraction of sp³-hybridized carbons (Fsp3) is 0.467. The number of carbonyl (C=O) groups is 1. The smallest absolute Gasteiger partial charge is 0.257 e. The zero-order chi connectivity index (χ0) is 14.1. The molecule has 1 rings (SSSR count). The molecular weight excluding hydrogens is 240 g/mol. The van der Waals surface area contributed by atoms with Crippen LogP contribution in [0.15, 0.2) is 24.3 Å². The third-order valence-electron chi connectivity index (χ3n) is 3.11. The monoisotopic (exact) mass is 260 g/mol. The summed E-state index contributed by atoms with van der Waals surface area (Å²) in [6.07, 6.45) is 2.10. The highest BCUT2D eigenvalue weighted by Crippen LogP contribution is 2.16. The van der Waals surface area contributed by atoms with E-state index in [2.05, 4.69) is 19.2 Å². The molecule has 0 heterocycles. The molecule has 0 unspecified atom stereocenters. The quantitative estimate of drug-likeness (QED) is 0.819. The van der Waals surface area contributed by atoms with Gasteiger partial charge >= 0.3 is 0 Å². The Bertz CT molecular complexity index is 448. The number of amides is 1. The molecule has 4 heteroatoms. The van der Waals surface area contributed by atoms with Gasteiger partial charge in [0.25, 0.3) is 5.91 Å². The molecular formula is C15H20N2O2. The average Bonchev–Trinajstić information content (AvgIpc) is 2.46. The molecule has 0 fully saturated rings. The van der Waals surface area contributed by atoms with E-state index in [1.807, 2.05) is 6.07 Å². The molecule has 1 aromatic carbocycles. The molecule has 0 radical (unpaired) electrons. The average molecular weight is 260 g/mol. The van der Waals surface area contributed by atoms with Crippen molar-refractivity contribution in [3.8, 4) is 11.8 Å². The van der Waals surface area contributed by atoms with Gasteiger partial charge in [0.1, 0.15) is 11.8 Å². The number of nitrogens with one attached hydrogen (secondary N) is 1. The Morgan fingerprint density at radius 2 is 2.05 bits per heavy atom. The minimum Gasteiger partial charge on any atom is -0.482 e. The van der Waals surface area contributed by atoms with E-state index in [0.29, 0.717) is 23.8 Å². The van der Waals surface area contributed by atoms with E-state index in [-0.39, 0.29) is 12.5 Å². The van der Waals surface area contributed by atoms with Crippen molar-refractivity contribution in [3.63, 3.8) is 0 Å². The molecule has 0 bridgehead atoms. The van der Waals surface area contributed by atoms with Crippen molar-refractivity contribution in [1.82, 2.24) is 5.32 Å². The number of carbonyl (C=O) groups excluding carboxylic acids is 1. The maximum absolute atomic E-state index is 11.6. The molecule has 0 aliphatic carbocycles. The molecule has 4 nitrogen and oxygen atoms in total. The van der Waals surface area contributed by atoms with Crippen molar-refractivity contribution in [2.45, 2.75) is 26.7 Å². The second-order valence-corrected chi connectivity index (χ2v) is 4.38. The molecule has 0 atom stereocenters. The number of hydrogen-bond donors (Lipinski definition) is 1. The topological polar surface area (TPSA) is 62.1 Å². The lowest BCUT2D eigenvalue weighted by molar-refractivity contribution is -0.123. The molecule has 0 aliphatic rings. The first-order chi connectivity index (χ1) is 9.21. The van der Waals surface area contributed by atoms with Crippen LogP contribution in [0.3, 0.4) is 0 Å². The van der Waals surface area contributed by atoms with Crippen LogP contribution >= 0.6 is 0 Å². The zero-order valence-electron chi connectivity index (χ0n) is 11.5. The number of nitriles is 1. The van der Waals surface area contributed by atoms with Gasteiger partial charge in [0.05, 0.1) is 5.56 Å². The van der Waals surface area contributed by atoms with Gasteiger partial charge in [-0.05, 0) is 18.1 Å². The molecule has 1 amide bonds. The zero-order valence-corrected chi connectivity index (χ0v) is 11.5. The normalized spacial score (nSPS) is 10.0. The van der Waals surface area contributed by atoms with Gasteiger partial charge in [-0.25, -0.2) is 0 Å². The summed E-state index contributed by atoms with van der Waals surface area (Å²) in [5.41, 5.74) is 0.440. The maximum atomic E-state index is 11.6. The first kappa shape index (κ1) is 15.0. The Morgan fingerprint density at radius 1 is 1.37 bits per heavy atom. The van der Waals surface area contributed by atoms with Crippen molar-refractivity contribution < 1.29 is 9.53 Å². The van der Waals surface area contributed by atoms with E-state index in [4.69, 9.17) is 10.00 Å². The Balaban J connectivity index is 2.40. The third kappa shape index (κ3) is 5.01. The molecule has 0 saturated heterocycles. The molecule has 0 aromatic heterocycles. The Kier molecular flexibility index (Phi) is 6.45. The van der Waals surface area contributed by atoms with E-state index < -0.39 is 0 Å². The first-order valence-corrected chi connectivity index (χ1v) is 6.59. The largest absolute Gasteiger partial charge is 0.482 e. The maximum Gasteiger partial charge on any atom is 0.257 e. The van der Waals surface area contributed by atoms with E-state index >= 15 is 0 Å². The summed E-state index contributed by atoms with van der Waals surface area (Å²) < 4.78 is 5.35. The van der Waals surface area contributed by atoms with E-state index in [1.165, 1.54) is 0 Å². The number of ether oxygens (including phenoxy) is 1. The number of hydrogen-bond acceptors (Lipinski definition) is 3. The number of nitrogens with zero attached hydrogens (tertiary/aromatic N) is 1. The summed E-state index contributed by atoms with van der Waals surface area (Å²) in [5, 5.41) is 11.7. The summed E-state index contributed by atoms with van der Waals surface area (Å²) in [4.78, 5) is 11.6. The molecule has 1 aromatic rings. The molecule has 0 spiro atoms. The summed E-state index contributed by atoms with van der Waals surface area (Å²) in [7, 11) is 0. The van der Waals surface area contributed by atoms with E-state index in [9.17, 15) is 4.79 Å². The van der Waals surface area contributed by atoms with Gasteiger partial charge in [0, 0.05) is 6.54 Å². The van der Waals surface area contributed by atoms with Crippen LogP contribution in [0.4, 0.5) is 0 Å². The molecule has 0 aliphatic heterocycles. The second-order valence-electron chi connectivity index (χ2n) is 4.38. The van der Waals surface area contributed by atoms with Gasteiger partial charge in [-0.3, -0.25) is 4.79 Å². The van der Waals surface area contributed by atoms with Crippen LogP contribution in [0.5, 0.6) is 5.75 Å². The highest BCUT2D eigenvalue weighted by Gasteiger charge is 2.08. The fourth-order valence-corrected chi connectivity index (χ4v) is 1.71. The first-order valence-electron chi connectivity index (χ1n) is 6.59. The Hall–Kier alpha value is -2.02. The SMILES string of the molecule is CCC(CC)CNC(=O)COc1ccccc1C#N. The van der Waals surface area contributed by atoms with Crippen molar-refractivity contribution in [2.75, 3.05) is 13.2 Å². The van der Waals surface area contributed by atoms with Gasteiger partial charge in [0.15, 0.2) is 6.61 Å².